The molecule has 74 heavy (non-hydrogen) atoms. The van der Waals surface area contributed by atoms with Crippen LogP contribution >= 0.6 is 0 Å². The van der Waals surface area contributed by atoms with Gasteiger partial charge in [0.25, 0.3) is 0 Å². The zero-order valence-electron chi connectivity index (χ0n) is 47.9. The van der Waals surface area contributed by atoms with Crippen molar-refractivity contribution in [3.05, 3.63) is 102 Å². The normalized spacial score (nSPS) is 28.2. The van der Waals surface area contributed by atoms with Crippen LogP contribution in [0.4, 0.5) is 0 Å². The van der Waals surface area contributed by atoms with Gasteiger partial charge in [-0.05, 0) is 182 Å². The maximum atomic E-state index is 13.1. The summed E-state index contributed by atoms with van der Waals surface area (Å²) >= 11 is 0. The van der Waals surface area contributed by atoms with Crippen LogP contribution in [0.1, 0.15) is 156 Å². The molecule has 0 aliphatic heterocycles. The Morgan fingerprint density at radius 2 is 0.770 bits per heavy atom. The number of pyridine rings is 1. The van der Waals surface area contributed by atoms with Gasteiger partial charge in [-0.2, -0.15) is 0 Å². The molecular weight excluding hydrogens is 931 g/mol. The smallest absolute Gasteiger partial charge is 0.127 e. The highest BCUT2D eigenvalue weighted by Crippen LogP contribution is 2.64. The number of nitrogens with zero attached hydrogens (tertiary/aromatic N) is 1. The van der Waals surface area contributed by atoms with Crippen molar-refractivity contribution in [3.63, 3.8) is 0 Å². The first-order valence-electron chi connectivity index (χ1n) is 29.8. The van der Waals surface area contributed by atoms with Gasteiger partial charge in [0, 0.05) is 33.4 Å². The Labute approximate surface area is 450 Å². The first-order chi connectivity index (χ1) is 34.8. The van der Waals surface area contributed by atoms with Crippen molar-refractivity contribution in [2.45, 2.75) is 194 Å². The molecule has 0 amide bonds. The third-order valence-electron chi connectivity index (χ3n) is 20.4. The number of aromatic nitrogens is 1. The highest BCUT2D eigenvalue weighted by Gasteiger charge is 2.54. The molecule has 5 heteroatoms. The molecule has 2 unspecified atom stereocenters. The Kier molecular flexibility index (Phi) is 13.3. The molecule has 0 spiro atoms. The average Bonchev–Trinajstić information content (AvgIpc) is 3.29. The van der Waals surface area contributed by atoms with E-state index in [1.165, 1.54) is 123 Å². The standard InChI is InChI=1S/C69H93NO2Si2/c1-44(34-66(3,4)5)42-73(9,10)52-30-58(64(71)60(32-52)68-36-46-24-47(37-68)26-48(25-46)38-68)54-18-13-15-20-56(54)62-22-17-23-63(70-62)57-21-16-14-19-55(57)59-31-53(74(11,12)43-45(2)35-67(6,7)8)33-61(65(59)72)69-39-49-27-50(40-69)29-51(28-49)41-69/h13-23,30-33,44-51,71-72H,24-29,34-43H2,1-12H3. The van der Waals surface area contributed by atoms with Crippen molar-refractivity contribution in [3.8, 4) is 56.3 Å². The lowest BCUT2D eigenvalue weighted by Crippen LogP contribution is -2.50. The molecule has 13 rings (SSSR count). The molecule has 2 atom stereocenters. The highest BCUT2D eigenvalue weighted by atomic mass is 28.3. The lowest BCUT2D eigenvalue weighted by Gasteiger charge is -2.57. The molecule has 5 aromatic rings. The topological polar surface area (TPSA) is 53.4 Å². The fourth-order valence-electron chi connectivity index (χ4n) is 19.0. The number of phenols is 2. The molecule has 394 valence electrons. The van der Waals surface area contributed by atoms with Gasteiger partial charge < -0.3 is 10.2 Å². The van der Waals surface area contributed by atoms with Crippen molar-refractivity contribution in [1.82, 2.24) is 4.98 Å². The number of hydrogen-bond donors (Lipinski definition) is 2. The van der Waals surface area contributed by atoms with Crippen LogP contribution in [0, 0.1) is 58.2 Å². The van der Waals surface area contributed by atoms with Crippen LogP contribution in [-0.2, 0) is 10.8 Å². The lowest BCUT2D eigenvalue weighted by molar-refractivity contribution is -0.00621. The second-order valence-electron chi connectivity index (χ2n) is 30.7. The molecule has 4 aromatic carbocycles. The predicted octanol–water partition coefficient (Wildman–Crippen LogP) is 18.1. The molecule has 1 heterocycles. The summed E-state index contributed by atoms with van der Waals surface area (Å²) in [5.41, 5.74) is 11.3. The first-order valence-corrected chi connectivity index (χ1v) is 36.2. The molecule has 8 aliphatic rings. The summed E-state index contributed by atoms with van der Waals surface area (Å²) in [5.74, 6) is 7.01. The van der Waals surface area contributed by atoms with E-state index in [2.05, 4.69) is 173 Å². The summed E-state index contributed by atoms with van der Waals surface area (Å²) in [6.45, 7) is 29.7. The van der Waals surface area contributed by atoms with Crippen LogP contribution in [0.3, 0.4) is 0 Å². The van der Waals surface area contributed by atoms with E-state index in [9.17, 15) is 10.2 Å². The van der Waals surface area contributed by atoms with Crippen molar-refractivity contribution < 1.29 is 10.2 Å². The Morgan fingerprint density at radius 3 is 1.08 bits per heavy atom. The number of benzene rings is 4. The molecule has 2 N–H and O–H groups in total. The highest BCUT2D eigenvalue weighted by molar-refractivity contribution is 6.90. The quantitative estimate of drug-likeness (QED) is 0.109. The zero-order valence-corrected chi connectivity index (χ0v) is 49.9. The molecule has 8 fully saturated rings. The van der Waals surface area contributed by atoms with E-state index in [0.29, 0.717) is 34.2 Å². The minimum Gasteiger partial charge on any atom is -0.507 e. The molecular formula is C69H93NO2Si2. The Balaban J connectivity index is 1.02. The summed E-state index contributed by atoms with van der Waals surface area (Å²) in [6, 6.07) is 36.6. The van der Waals surface area contributed by atoms with Gasteiger partial charge in [0.2, 0.25) is 0 Å². The summed E-state index contributed by atoms with van der Waals surface area (Å²) < 4.78 is 0. The van der Waals surface area contributed by atoms with Crippen molar-refractivity contribution in [2.75, 3.05) is 0 Å². The molecule has 0 saturated heterocycles. The maximum Gasteiger partial charge on any atom is 0.127 e. The van der Waals surface area contributed by atoms with Gasteiger partial charge in [0.05, 0.1) is 27.5 Å². The van der Waals surface area contributed by atoms with Gasteiger partial charge in [-0.3, -0.25) is 0 Å². The molecule has 1 aromatic heterocycles. The summed E-state index contributed by atoms with van der Waals surface area (Å²) in [5, 5.41) is 29.1. The van der Waals surface area contributed by atoms with Gasteiger partial charge >= 0.3 is 0 Å². The maximum absolute atomic E-state index is 13.1. The van der Waals surface area contributed by atoms with E-state index in [0.717, 1.165) is 80.3 Å². The molecule has 3 nitrogen and oxygen atoms in total. The van der Waals surface area contributed by atoms with Crippen molar-refractivity contribution >= 4 is 26.5 Å². The van der Waals surface area contributed by atoms with E-state index >= 15 is 0 Å². The Hall–Kier alpha value is -3.94. The van der Waals surface area contributed by atoms with Crippen molar-refractivity contribution in [2.24, 2.45) is 58.2 Å². The van der Waals surface area contributed by atoms with Gasteiger partial charge in [-0.1, -0.05) is 183 Å². The summed E-state index contributed by atoms with van der Waals surface area (Å²) in [6.07, 6.45) is 18.1. The Bertz CT molecular complexity index is 2650. The monoisotopic (exact) mass is 1020 g/mol. The number of hydrogen-bond acceptors (Lipinski definition) is 3. The molecule has 8 bridgehead atoms. The third kappa shape index (κ3) is 10.1. The van der Waals surface area contributed by atoms with Gasteiger partial charge in [-0.25, -0.2) is 4.98 Å². The lowest BCUT2D eigenvalue weighted by atomic mass is 9.48. The van der Waals surface area contributed by atoms with Crippen LogP contribution < -0.4 is 10.4 Å². The van der Waals surface area contributed by atoms with Gasteiger partial charge in [0.15, 0.2) is 0 Å². The van der Waals surface area contributed by atoms with Crippen LogP contribution in [0.5, 0.6) is 11.5 Å². The van der Waals surface area contributed by atoms with Gasteiger partial charge in [0.1, 0.15) is 11.5 Å². The van der Waals surface area contributed by atoms with E-state index in [-0.39, 0.29) is 10.8 Å². The predicted molar refractivity (Wildman–Crippen MR) is 319 cm³/mol. The first kappa shape index (κ1) is 52.1. The minimum atomic E-state index is -1.97. The van der Waals surface area contributed by atoms with Crippen LogP contribution in [-0.4, -0.2) is 31.3 Å². The second kappa shape index (κ2) is 18.9. The third-order valence-corrected chi connectivity index (χ3v) is 27.5. The minimum absolute atomic E-state index is 0.0582. The second-order valence-corrected chi connectivity index (χ2v) is 40.2. The van der Waals surface area contributed by atoms with Gasteiger partial charge in [-0.15, -0.1) is 0 Å². The SMILES string of the molecule is CC(CC(C)(C)C)C[Si](C)(C)c1cc(-c2ccccc2-c2cccc(-c3ccccc3-c3cc([Si](C)(C)CC(C)CC(C)(C)C)cc(C45CC6CC(CC(C6)C4)C5)c3O)n2)c(O)c(C23CC4CC(CC(C4)C2)C3)c1. The summed E-state index contributed by atoms with van der Waals surface area (Å²) in [7, 11) is -3.94. The van der Waals surface area contributed by atoms with Crippen molar-refractivity contribution in [1.29, 1.82) is 0 Å². The fourth-order valence-corrected chi connectivity index (χ4v) is 25.4. The zero-order chi connectivity index (χ0) is 52.3. The van der Waals surface area contributed by atoms with Crippen LogP contribution in [0.15, 0.2) is 91.0 Å². The van der Waals surface area contributed by atoms with Crippen LogP contribution in [0.25, 0.3) is 44.8 Å². The number of phenolic OH excluding ortho intramolecular Hbond substituents is 2. The molecule has 0 radical (unpaired) electrons. The Morgan fingerprint density at radius 1 is 0.459 bits per heavy atom. The van der Waals surface area contributed by atoms with E-state index in [1.54, 1.807) is 0 Å². The van der Waals surface area contributed by atoms with E-state index in [1.807, 2.05) is 0 Å². The van der Waals surface area contributed by atoms with E-state index < -0.39 is 16.1 Å². The van der Waals surface area contributed by atoms with E-state index in [4.69, 9.17) is 4.98 Å². The van der Waals surface area contributed by atoms with Crippen LogP contribution in [0.2, 0.25) is 38.3 Å². The molecule has 8 saturated carbocycles. The largest absolute Gasteiger partial charge is 0.507 e. The average molecular weight is 1020 g/mol. The molecule has 8 aliphatic carbocycles. The summed E-state index contributed by atoms with van der Waals surface area (Å²) in [4.78, 5) is 5.64. The number of rotatable bonds is 14. The fraction of sp³-hybridized carbons (Fsp3) is 0.580. The number of aromatic hydroxyl groups is 2.